The van der Waals surface area contributed by atoms with Crippen LogP contribution in [0.2, 0.25) is 0 Å². The minimum atomic E-state index is -1.13. The van der Waals surface area contributed by atoms with E-state index in [-0.39, 0.29) is 54.4 Å². The van der Waals surface area contributed by atoms with Crippen LogP contribution < -0.4 is 30.6 Å². The van der Waals surface area contributed by atoms with Crippen molar-refractivity contribution in [2.75, 3.05) is 0 Å². The number of carboxylic acid groups (broad SMARTS) is 6. The number of carbonyl (C=O) groups is 6. The van der Waals surface area contributed by atoms with E-state index in [0.717, 1.165) is 33.4 Å². The van der Waals surface area contributed by atoms with Gasteiger partial charge in [-0.15, -0.1) is 39.5 Å². The van der Waals surface area contributed by atoms with Gasteiger partial charge in [0.15, 0.2) is 0 Å². The van der Waals surface area contributed by atoms with E-state index in [2.05, 4.69) is 39.5 Å². The zero-order valence-corrected chi connectivity index (χ0v) is 42.1. The molecule has 0 N–H and O–H groups in total. The molecule has 0 atom stereocenters. The Morgan fingerprint density at radius 1 is 0.260 bits per heavy atom. The van der Waals surface area contributed by atoms with Crippen molar-refractivity contribution < 1.29 is 80.5 Å². The Balaban J connectivity index is 0.000000850. The first kappa shape index (κ1) is 64.3. The molecule has 0 aliphatic carbocycles. The summed E-state index contributed by atoms with van der Waals surface area (Å²) in [6.07, 6.45) is 13.4. The maximum absolute atomic E-state index is 10.6. The van der Waals surface area contributed by atoms with Crippen molar-refractivity contribution in [3.8, 4) is 0 Å². The quantitative estimate of drug-likeness (QED) is 0.0843. The zero-order valence-electron chi connectivity index (χ0n) is 40.1. The maximum atomic E-state index is 10.6. The van der Waals surface area contributed by atoms with E-state index in [0.29, 0.717) is 38.5 Å². The van der Waals surface area contributed by atoms with Crippen LogP contribution in [-0.4, -0.2) is 35.8 Å². The molecule has 372 valence electrons. The third kappa shape index (κ3) is 24.1. The smallest absolute Gasteiger partial charge is 0.545 e. The second-order valence-electron chi connectivity index (χ2n) is 14.6. The first-order chi connectivity index (χ1) is 34.5. The van der Waals surface area contributed by atoms with Crippen LogP contribution in [-0.2, 0) is 59.6 Å². The molecule has 0 bridgehead atoms. The van der Waals surface area contributed by atoms with Crippen LogP contribution in [0.4, 0.5) is 0 Å². The maximum Gasteiger partial charge on any atom is 6.00 e. The summed E-state index contributed by atoms with van der Waals surface area (Å²) in [7, 11) is 0. The fraction of sp³-hybridized carbons (Fsp3) is 0.100. The average Bonchev–Trinajstić information content (AvgIpc) is 3.36. The van der Waals surface area contributed by atoms with Gasteiger partial charge in [-0.1, -0.05) is 182 Å². The number of hydrogen-bond donors (Lipinski definition) is 0. The van der Waals surface area contributed by atoms with Crippen LogP contribution in [0.15, 0.2) is 222 Å². The molecule has 0 amide bonds. The van der Waals surface area contributed by atoms with E-state index in [9.17, 15) is 59.4 Å². The van der Waals surface area contributed by atoms with E-state index >= 15 is 0 Å². The van der Waals surface area contributed by atoms with Crippen LogP contribution in [0.3, 0.4) is 0 Å². The van der Waals surface area contributed by atoms with Gasteiger partial charge in [0.05, 0.1) is 35.8 Å². The Kier molecular flexibility index (Phi) is 32.7. The SMILES string of the molecule is C=CCc1ccccc1C(=O)[O-].C=CCc1ccccc1C(=O)[O-].C=CCc1ccccc1C(=O)[O-].C=CCc1ccccc1C(=O)[O-].C=CCc1ccccc1C(=O)[O-].C=CCc1ccccc1C(=O)[O-].[Mo+6]. The number of hydrogen-bond acceptors (Lipinski definition) is 12. The van der Waals surface area contributed by atoms with E-state index in [1.807, 2.05) is 0 Å². The fourth-order valence-corrected chi connectivity index (χ4v) is 6.32. The number of aromatic carboxylic acids is 6. The van der Waals surface area contributed by atoms with Gasteiger partial charge in [0.2, 0.25) is 0 Å². The molecule has 0 fully saturated rings. The summed E-state index contributed by atoms with van der Waals surface area (Å²) in [6, 6.07) is 40.6. The normalized spacial score (nSPS) is 9.21. The van der Waals surface area contributed by atoms with Crippen LogP contribution in [0, 0.1) is 0 Å². The average molecular weight is 1060 g/mol. The molecule has 0 aliphatic heterocycles. The van der Waals surface area contributed by atoms with Gasteiger partial charge in [0.25, 0.3) is 0 Å². The number of allylic oxidation sites excluding steroid dienone is 6. The zero-order chi connectivity index (χ0) is 53.8. The third-order valence-electron chi connectivity index (χ3n) is 9.61. The van der Waals surface area contributed by atoms with Crippen molar-refractivity contribution in [1.29, 1.82) is 0 Å². The van der Waals surface area contributed by atoms with Crippen LogP contribution in [0.1, 0.15) is 95.5 Å². The van der Waals surface area contributed by atoms with Crippen LogP contribution in [0.25, 0.3) is 0 Å². The topological polar surface area (TPSA) is 241 Å². The predicted molar refractivity (Wildman–Crippen MR) is 268 cm³/mol. The standard InChI is InChI=1S/6C10H10O2.Mo/c6*1-2-5-8-6-3-4-7-9(8)10(11)12;/h6*2-4,6-7H,1,5H2,(H,11,12);/q;;;;;;+6/p-6. The van der Waals surface area contributed by atoms with Crippen molar-refractivity contribution in [3.05, 3.63) is 288 Å². The number of carboxylic acids is 6. The Morgan fingerprint density at radius 3 is 0.466 bits per heavy atom. The van der Waals surface area contributed by atoms with E-state index in [4.69, 9.17) is 0 Å². The summed E-state index contributed by atoms with van der Waals surface area (Å²) in [4.78, 5) is 63.3. The molecule has 12 nitrogen and oxygen atoms in total. The molecular weight excluding hydrogens is 1010 g/mol. The van der Waals surface area contributed by atoms with Gasteiger partial charge in [-0.2, -0.15) is 0 Å². The molecule has 0 aliphatic rings. The monoisotopic (exact) mass is 1060 g/mol. The molecule has 0 saturated carbocycles. The number of benzene rings is 6. The molecule has 6 rings (SSSR count). The second kappa shape index (κ2) is 37.1. The van der Waals surface area contributed by atoms with E-state index in [1.165, 1.54) is 36.4 Å². The first-order valence-corrected chi connectivity index (χ1v) is 21.9. The van der Waals surface area contributed by atoms with Crippen molar-refractivity contribution in [1.82, 2.24) is 0 Å². The Hall–Kier alpha value is -8.73. The molecular formula is C60H54MoO12. The second-order valence-corrected chi connectivity index (χ2v) is 14.6. The Morgan fingerprint density at radius 2 is 0.370 bits per heavy atom. The summed E-state index contributed by atoms with van der Waals surface area (Å²) in [5.74, 6) is -6.79. The van der Waals surface area contributed by atoms with Crippen LogP contribution >= 0.6 is 0 Å². The third-order valence-corrected chi connectivity index (χ3v) is 9.61. The molecule has 0 unspecified atom stereocenters. The molecule has 73 heavy (non-hydrogen) atoms. The molecule has 6 aromatic carbocycles. The molecule has 13 heteroatoms. The minimum absolute atomic E-state index is 0. The van der Waals surface area contributed by atoms with Gasteiger partial charge in [-0.25, -0.2) is 0 Å². The van der Waals surface area contributed by atoms with Gasteiger partial charge in [0.1, 0.15) is 0 Å². The van der Waals surface area contributed by atoms with Gasteiger partial charge in [0, 0.05) is 33.4 Å². The fourth-order valence-electron chi connectivity index (χ4n) is 6.32. The summed E-state index contributed by atoms with van der Waals surface area (Å²) >= 11 is 0. The van der Waals surface area contributed by atoms with Gasteiger partial charge in [-0.05, 0) is 71.9 Å². The minimum Gasteiger partial charge on any atom is -0.545 e. The number of rotatable bonds is 18. The summed E-state index contributed by atoms with van der Waals surface area (Å²) in [5.41, 5.74) is 5.94. The van der Waals surface area contributed by atoms with Crippen molar-refractivity contribution in [2.24, 2.45) is 0 Å². The van der Waals surface area contributed by atoms with Gasteiger partial charge < -0.3 is 59.4 Å². The summed E-state index contributed by atoms with van der Waals surface area (Å²) in [6.45, 7) is 21.3. The van der Waals surface area contributed by atoms with Crippen molar-refractivity contribution >= 4 is 35.8 Å². The number of carbonyl (C=O) groups excluding carboxylic acids is 6. The Bertz CT molecular complexity index is 2310. The largest absolute Gasteiger partial charge is 6.00 e. The van der Waals surface area contributed by atoms with E-state index < -0.39 is 35.8 Å². The van der Waals surface area contributed by atoms with Crippen molar-refractivity contribution in [2.45, 2.75) is 38.5 Å². The molecule has 6 aromatic rings. The summed E-state index contributed by atoms with van der Waals surface area (Å²) < 4.78 is 0. The van der Waals surface area contributed by atoms with E-state index in [1.54, 1.807) is 146 Å². The Labute approximate surface area is 440 Å². The van der Waals surface area contributed by atoms with Gasteiger partial charge >= 0.3 is 21.1 Å². The molecule has 0 radical (unpaired) electrons. The predicted octanol–water partition coefficient (Wildman–Crippen LogP) is 4.67. The molecule has 0 aromatic heterocycles. The van der Waals surface area contributed by atoms with Gasteiger partial charge in [-0.3, -0.25) is 0 Å². The summed E-state index contributed by atoms with van der Waals surface area (Å²) in [5, 5.41) is 63.3. The molecule has 0 spiro atoms. The van der Waals surface area contributed by atoms with Crippen LogP contribution in [0.5, 0.6) is 0 Å². The molecule has 0 heterocycles. The van der Waals surface area contributed by atoms with Crippen molar-refractivity contribution in [3.63, 3.8) is 0 Å². The first-order valence-electron chi connectivity index (χ1n) is 21.9. The molecule has 0 saturated heterocycles.